The van der Waals surface area contributed by atoms with E-state index in [4.69, 9.17) is 0 Å². The molecule has 0 saturated carbocycles. The molecule has 1 N–H and O–H groups in total. The van der Waals surface area contributed by atoms with Gasteiger partial charge < -0.3 is 5.32 Å². The smallest absolute Gasteiger partial charge is 0.261 e. The third-order valence-corrected chi connectivity index (χ3v) is 7.77. The summed E-state index contributed by atoms with van der Waals surface area (Å²) in [5.74, 6) is 0.836. The molecule has 0 aromatic carbocycles. The van der Waals surface area contributed by atoms with Crippen LogP contribution in [0.4, 0.5) is 0 Å². The van der Waals surface area contributed by atoms with Gasteiger partial charge in [-0.3, -0.25) is 9.69 Å². The lowest BCUT2D eigenvalue weighted by Gasteiger charge is -2.32. The molecule has 7 heteroatoms. The summed E-state index contributed by atoms with van der Waals surface area (Å²) in [6.45, 7) is 10.9. The molecule has 1 amide bonds. The standard InChI is InChI=1S/C21H26N4OS2/c1-5-17-23-14(4)18-13(3)19(28-21(18)24-17)20(26)22-10-12(2)25-8-6-16-15(11-25)7-9-27-16/h7,9,12H,5-6,8,10-11H2,1-4H3,(H,22,26). The van der Waals surface area contributed by atoms with Gasteiger partial charge >= 0.3 is 0 Å². The number of hydrogen-bond acceptors (Lipinski definition) is 6. The fraction of sp³-hybridized carbons (Fsp3) is 0.476. The van der Waals surface area contributed by atoms with E-state index in [2.05, 4.69) is 45.5 Å². The Hall–Kier alpha value is -1.83. The average molecular weight is 415 g/mol. The van der Waals surface area contributed by atoms with E-state index in [0.29, 0.717) is 12.6 Å². The summed E-state index contributed by atoms with van der Waals surface area (Å²) in [5, 5.41) is 6.36. The van der Waals surface area contributed by atoms with Crippen LogP contribution in [0.2, 0.25) is 0 Å². The number of nitrogens with zero attached hydrogens (tertiary/aromatic N) is 3. The number of hydrogen-bond donors (Lipinski definition) is 1. The lowest BCUT2D eigenvalue weighted by molar-refractivity contribution is 0.0936. The number of aryl methyl sites for hydroxylation is 3. The molecular weight excluding hydrogens is 388 g/mol. The third kappa shape index (κ3) is 3.58. The molecule has 0 radical (unpaired) electrons. The second-order valence-electron chi connectivity index (χ2n) is 7.46. The van der Waals surface area contributed by atoms with Gasteiger partial charge in [0.15, 0.2) is 0 Å². The van der Waals surface area contributed by atoms with E-state index in [1.165, 1.54) is 21.8 Å². The van der Waals surface area contributed by atoms with Crippen molar-refractivity contribution in [3.05, 3.63) is 43.8 Å². The van der Waals surface area contributed by atoms with E-state index in [1.807, 2.05) is 25.2 Å². The van der Waals surface area contributed by atoms with E-state index < -0.39 is 0 Å². The van der Waals surface area contributed by atoms with Crippen LogP contribution >= 0.6 is 22.7 Å². The van der Waals surface area contributed by atoms with Crippen LogP contribution < -0.4 is 5.32 Å². The summed E-state index contributed by atoms with van der Waals surface area (Å²) < 4.78 is 0. The van der Waals surface area contributed by atoms with Crippen molar-refractivity contribution in [2.45, 2.75) is 53.1 Å². The molecule has 3 aromatic heterocycles. The molecule has 1 atom stereocenters. The van der Waals surface area contributed by atoms with Crippen LogP contribution in [0.5, 0.6) is 0 Å². The summed E-state index contributed by atoms with van der Waals surface area (Å²) >= 11 is 3.34. The second-order valence-corrected chi connectivity index (χ2v) is 9.46. The Morgan fingerprint density at radius 2 is 2.18 bits per heavy atom. The number of nitrogens with one attached hydrogen (secondary N) is 1. The van der Waals surface area contributed by atoms with Crippen molar-refractivity contribution in [2.24, 2.45) is 0 Å². The zero-order valence-electron chi connectivity index (χ0n) is 16.8. The van der Waals surface area contributed by atoms with E-state index in [1.54, 1.807) is 0 Å². The predicted molar refractivity (Wildman–Crippen MR) is 116 cm³/mol. The summed E-state index contributed by atoms with van der Waals surface area (Å²) in [7, 11) is 0. The summed E-state index contributed by atoms with van der Waals surface area (Å²) in [6.07, 6.45) is 1.91. The minimum atomic E-state index is -0.00182. The monoisotopic (exact) mass is 414 g/mol. The Balaban J connectivity index is 1.45. The van der Waals surface area contributed by atoms with Crippen molar-refractivity contribution in [3.63, 3.8) is 0 Å². The first kappa shape index (κ1) is 19.5. The third-order valence-electron chi connectivity index (χ3n) is 5.56. The first-order chi connectivity index (χ1) is 13.5. The van der Waals surface area contributed by atoms with Crippen LogP contribution in [0, 0.1) is 13.8 Å². The number of thiophene rings is 2. The van der Waals surface area contributed by atoms with Crippen molar-refractivity contribution in [2.75, 3.05) is 13.1 Å². The highest BCUT2D eigenvalue weighted by molar-refractivity contribution is 7.20. The lowest BCUT2D eigenvalue weighted by Crippen LogP contribution is -2.44. The molecule has 28 heavy (non-hydrogen) atoms. The van der Waals surface area contributed by atoms with E-state index in [9.17, 15) is 4.79 Å². The largest absolute Gasteiger partial charge is 0.350 e. The number of rotatable bonds is 5. The molecule has 3 aromatic rings. The minimum absolute atomic E-state index is 0.00182. The zero-order chi connectivity index (χ0) is 19.8. The molecule has 0 fully saturated rings. The fourth-order valence-corrected chi connectivity index (χ4v) is 5.92. The minimum Gasteiger partial charge on any atom is -0.350 e. The second kappa shape index (κ2) is 7.89. The Morgan fingerprint density at radius 1 is 1.36 bits per heavy atom. The average Bonchev–Trinajstić information content (AvgIpc) is 3.29. The van der Waals surface area contributed by atoms with Gasteiger partial charge in [-0.15, -0.1) is 22.7 Å². The molecule has 4 rings (SSSR count). The van der Waals surface area contributed by atoms with Gasteiger partial charge in [0.05, 0.1) is 4.88 Å². The van der Waals surface area contributed by atoms with E-state index >= 15 is 0 Å². The fourth-order valence-electron chi connectivity index (χ4n) is 3.87. The molecule has 0 bridgehead atoms. The molecule has 0 saturated heterocycles. The van der Waals surface area contributed by atoms with Crippen molar-refractivity contribution in [3.8, 4) is 0 Å². The van der Waals surface area contributed by atoms with Crippen LogP contribution in [0.25, 0.3) is 10.2 Å². The predicted octanol–water partition coefficient (Wildman–Crippen LogP) is 4.11. The van der Waals surface area contributed by atoms with Crippen LogP contribution in [0.1, 0.15) is 51.0 Å². The molecule has 1 aliphatic rings. The van der Waals surface area contributed by atoms with Gasteiger partial charge in [-0.05, 0) is 49.8 Å². The maximum Gasteiger partial charge on any atom is 0.261 e. The molecule has 0 spiro atoms. The first-order valence-corrected chi connectivity index (χ1v) is 11.5. The first-order valence-electron chi connectivity index (χ1n) is 9.82. The quantitative estimate of drug-likeness (QED) is 0.683. The lowest BCUT2D eigenvalue weighted by atomic mass is 10.1. The van der Waals surface area contributed by atoms with E-state index in [-0.39, 0.29) is 5.91 Å². The molecule has 1 aliphatic heterocycles. The van der Waals surface area contributed by atoms with Crippen molar-refractivity contribution in [1.29, 1.82) is 0 Å². The van der Waals surface area contributed by atoms with Gasteiger partial charge in [0.1, 0.15) is 10.7 Å². The SMILES string of the molecule is CCc1nc(C)c2c(C)c(C(=O)NCC(C)N3CCc4sccc4C3)sc2n1. The summed E-state index contributed by atoms with van der Waals surface area (Å²) in [5.41, 5.74) is 3.39. The van der Waals surface area contributed by atoms with Crippen LogP contribution in [-0.4, -0.2) is 39.9 Å². The van der Waals surface area contributed by atoms with Gasteiger partial charge in [-0.2, -0.15) is 0 Å². The Bertz CT molecular complexity index is 1020. The van der Waals surface area contributed by atoms with Gasteiger partial charge in [0.25, 0.3) is 5.91 Å². The zero-order valence-corrected chi connectivity index (χ0v) is 18.5. The molecule has 1 unspecified atom stereocenters. The summed E-state index contributed by atoms with van der Waals surface area (Å²) in [4.78, 5) is 27.7. The Morgan fingerprint density at radius 3 is 2.96 bits per heavy atom. The Kier molecular flexibility index (Phi) is 5.49. The summed E-state index contributed by atoms with van der Waals surface area (Å²) in [6, 6.07) is 2.53. The maximum atomic E-state index is 12.9. The van der Waals surface area contributed by atoms with Gasteiger partial charge in [0.2, 0.25) is 0 Å². The van der Waals surface area contributed by atoms with Gasteiger partial charge in [-0.25, -0.2) is 9.97 Å². The van der Waals surface area contributed by atoms with Crippen LogP contribution in [-0.2, 0) is 19.4 Å². The molecule has 4 heterocycles. The molecule has 148 valence electrons. The molecule has 5 nitrogen and oxygen atoms in total. The highest BCUT2D eigenvalue weighted by atomic mass is 32.1. The number of carbonyl (C=O) groups is 1. The van der Waals surface area contributed by atoms with Crippen molar-refractivity contribution < 1.29 is 4.79 Å². The van der Waals surface area contributed by atoms with Crippen molar-refractivity contribution in [1.82, 2.24) is 20.2 Å². The normalized spacial score (nSPS) is 15.6. The molecular formula is C21H26N4OS2. The van der Waals surface area contributed by atoms with Crippen molar-refractivity contribution >= 4 is 38.8 Å². The number of carbonyl (C=O) groups excluding carboxylic acids is 1. The number of fused-ring (bicyclic) bond motifs is 2. The maximum absolute atomic E-state index is 12.9. The highest BCUT2D eigenvalue weighted by Gasteiger charge is 2.23. The van der Waals surface area contributed by atoms with Gasteiger partial charge in [-0.1, -0.05) is 6.92 Å². The Labute approximate surface area is 173 Å². The highest BCUT2D eigenvalue weighted by Crippen LogP contribution is 2.31. The topological polar surface area (TPSA) is 58.1 Å². The molecule has 0 aliphatic carbocycles. The van der Waals surface area contributed by atoms with E-state index in [0.717, 1.165) is 58.1 Å². The van der Waals surface area contributed by atoms with Crippen LogP contribution in [0.3, 0.4) is 0 Å². The number of aromatic nitrogens is 2. The van der Waals surface area contributed by atoms with Crippen LogP contribution in [0.15, 0.2) is 11.4 Å². The van der Waals surface area contributed by atoms with Gasteiger partial charge in [0, 0.05) is 48.1 Å². The number of amides is 1.